The number of primary amides is 1. The second-order valence-electron chi connectivity index (χ2n) is 5.72. The summed E-state index contributed by atoms with van der Waals surface area (Å²) in [6, 6.07) is 0. The van der Waals surface area contributed by atoms with E-state index >= 15 is 0 Å². The third-order valence-electron chi connectivity index (χ3n) is 3.14. The van der Waals surface area contributed by atoms with Gasteiger partial charge < -0.3 is 16.6 Å². The Hall–Kier alpha value is -0.940. The van der Waals surface area contributed by atoms with Gasteiger partial charge in [-0.05, 0) is 18.8 Å². The van der Waals surface area contributed by atoms with E-state index in [9.17, 15) is 9.59 Å². The molecule has 1 amide bonds. The summed E-state index contributed by atoms with van der Waals surface area (Å²) in [5.41, 5.74) is 9.90. The molecule has 5 N–H and O–H groups in total. The first-order valence-corrected chi connectivity index (χ1v) is 7.11. The number of aliphatic hydroxyl groups excluding tert-OH is 1. The number of rotatable bonds is 5. The summed E-state index contributed by atoms with van der Waals surface area (Å²) in [5, 5.41) is 8.20. The second-order valence-corrected chi connectivity index (χ2v) is 5.72. The lowest BCUT2D eigenvalue weighted by molar-refractivity contribution is -0.122. The van der Waals surface area contributed by atoms with E-state index in [1.165, 1.54) is 0 Å². The molecule has 0 rings (SSSR count). The summed E-state index contributed by atoms with van der Waals surface area (Å²) in [6.45, 7) is 14.2. The van der Waals surface area contributed by atoms with E-state index in [1.54, 1.807) is 13.8 Å². The molecule has 0 aromatic heterocycles. The number of amides is 1. The summed E-state index contributed by atoms with van der Waals surface area (Å²) in [6.07, 6.45) is 0. The monoisotopic (exact) mass is 290 g/mol. The van der Waals surface area contributed by atoms with Crippen LogP contribution in [-0.4, -0.2) is 29.9 Å². The van der Waals surface area contributed by atoms with Gasteiger partial charge in [-0.15, -0.1) is 0 Å². The quantitative estimate of drug-likeness (QED) is 0.714. The molecule has 0 aromatic carbocycles. The zero-order chi connectivity index (χ0) is 16.9. The average Bonchev–Trinajstić information content (AvgIpc) is 2.37. The second kappa shape index (κ2) is 14.5. The molecule has 0 heterocycles. The smallest absolute Gasteiger partial charge is 0.222 e. The molecular weight excluding hydrogens is 256 g/mol. The number of aliphatic hydroxyl groups is 1. The Kier molecular flexibility index (Phi) is 17.4. The lowest BCUT2D eigenvalue weighted by Crippen LogP contribution is -2.22. The van der Waals surface area contributed by atoms with Crippen molar-refractivity contribution < 1.29 is 14.7 Å². The van der Waals surface area contributed by atoms with Crippen molar-refractivity contribution in [2.75, 3.05) is 13.2 Å². The highest BCUT2D eigenvalue weighted by Crippen LogP contribution is 2.05. The molecule has 2 unspecified atom stereocenters. The van der Waals surface area contributed by atoms with Gasteiger partial charge in [-0.1, -0.05) is 41.5 Å². The van der Waals surface area contributed by atoms with E-state index in [0.29, 0.717) is 6.54 Å². The van der Waals surface area contributed by atoms with Gasteiger partial charge in [-0.3, -0.25) is 9.59 Å². The predicted octanol–water partition coefficient (Wildman–Crippen LogP) is 1.57. The topological polar surface area (TPSA) is 106 Å². The van der Waals surface area contributed by atoms with Crippen LogP contribution in [0, 0.1) is 23.7 Å². The van der Waals surface area contributed by atoms with Gasteiger partial charge in [-0.25, -0.2) is 0 Å². The van der Waals surface area contributed by atoms with Gasteiger partial charge >= 0.3 is 0 Å². The highest BCUT2D eigenvalue weighted by Gasteiger charge is 2.03. The van der Waals surface area contributed by atoms with Crippen molar-refractivity contribution in [3.8, 4) is 0 Å². The van der Waals surface area contributed by atoms with Crippen molar-refractivity contribution in [3.05, 3.63) is 0 Å². The summed E-state index contributed by atoms with van der Waals surface area (Å²) < 4.78 is 0. The molecule has 122 valence electrons. The van der Waals surface area contributed by atoms with Crippen LogP contribution in [0.3, 0.4) is 0 Å². The number of carbonyl (C=O) groups excluding carboxylic acids is 2. The summed E-state index contributed by atoms with van der Waals surface area (Å²) in [4.78, 5) is 20.3. The molecule has 0 aliphatic carbocycles. The van der Waals surface area contributed by atoms with Gasteiger partial charge in [0.05, 0.1) is 12.5 Å². The maximum Gasteiger partial charge on any atom is 0.222 e. The zero-order valence-corrected chi connectivity index (χ0v) is 14.1. The van der Waals surface area contributed by atoms with Crippen LogP contribution in [0.4, 0.5) is 0 Å². The Bertz CT molecular complexity index is 228. The molecule has 0 saturated heterocycles. The van der Waals surface area contributed by atoms with Crippen LogP contribution in [0.2, 0.25) is 0 Å². The Balaban J connectivity index is -0.000000218. The van der Waals surface area contributed by atoms with Gasteiger partial charge in [0.15, 0.2) is 0 Å². The van der Waals surface area contributed by atoms with Crippen molar-refractivity contribution in [2.24, 2.45) is 35.1 Å². The molecule has 0 aliphatic heterocycles. The van der Waals surface area contributed by atoms with Gasteiger partial charge in [0.2, 0.25) is 5.91 Å². The maximum absolute atomic E-state index is 10.3. The number of Topliss-reactive ketones (excluding diaryl/α,β-unsaturated/α-hetero) is 1. The fourth-order valence-corrected chi connectivity index (χ4v) is 0.256. The lowest BCUT2D eigenvalue weighted by Gasteiger charge is -2.05. The standard InChI is InChI=1S/C6H14.C5H11NO.C4H9NO2/c1-5(2)6(3)4;1-4(3-6)5(2)7;1-3(2-6)4(5)7/h5-6H,1-4H3;4H,3,6H2,1-2H3;3,6H,2H2,1H3,(H2,5,7). The number of hydrogen-bond donors (Lipinski definition) is 3. The van der Waals surface area contributed by atoms with Crippen LogP contribution in [0.1, 0.15) is 48.5 Å². The van der Waals surface area contributed by atoms with Crippen LogP contribution in [-0.2, 0) is 9.59 Å². The molecule has 0 aliphatic rings. The van der Waals surface area contributed by atoms with E-state index in [2.05, 4.69) is 27.7 Å². The minimum atomic E-state index is -0.456. The zero-order valence-electron chi connectivity index (χ0n) is 14.1. The molecule has 0 spiro atoms. The highest BCUT2D eigenvalue weighted by molar-refractivity contribution is 5.78. The van der Waals surface area contributed by atoms with Gasteiger partial charge in [-0.2, -0.15) is 0 Å². The molecule has 0 fully saturated rings. The molecule has 0 aromatic rings. The van der Waals surface area contributed by atoms with Crippen molar-refractivity contribution in [2.45, 2.75) is 48.5 Å². The van der Waals surface area contributed by atoms with E-state index in [1.807, 2.05) is 6.92 Å². The molecule has 0 saturated carbocycles. The van der Waals surface area contributed by atoms with Crippen LogP contribution < -0.4 is 11.5 Å². The minimum Gasteiger partial charge on any atom is -0.396 e. The fourth-order valence-electron chi connectivity index (χ4n) is 0.256. The van der Waals surface area contributed by atoms with Crippen molar-refractivity contribution in [3.63, 3.8) is 0 Å². The number of hydrogen-bond acceptors (Lipinski definition) is 4. The molecule has 0 bridgehead atoms. The molecule has 5 nitrogen and oxygen atoms in total. The van der Waals surface area contributed by atoms with Crippen LogP contribution in [0.15, 0.2) is 0 Å². The SMILES string of the molecule is CC(=O)C(C)CN.CC(C)C(C)C.CC(CO)C(N)=O. The first-order valence-electron chi connectivity index (χ1n) is 7.11. The normalized spacial score (nSPS) is 12.8. The third kappa shape index (κ3) is 19.4. The molecular formula is C15H34N2O3. The number of nitrogens with two attached hydrogens (primary N) is 2. The molecule has 2 atom stereocenters. The van der Waals surface area contributed by atoms with Crippen molar-refractivity contribution >= 4 is 11.7 Å². The fraction of sp³-hybridized carbons (Fsp3) is 0.867. The summed E-state index contributed by atoms with van der Waals surface area (Å²) in [7, 11) is 0. The van der Waals surface area contributed by atoms with Crippen LogP contribution >= 0.6 is 0 Å². The third-order valence-corrected chi connectivity index (χ3v) is 3.14. The Labute approximate surface area is 124 Å². The van der Waals surface area contributed by atoms with Gasteiger partial charge in [0.1, 0.15) is 5.78 Å². The van der Waals surface area contributed by atoms with E-state index < -0.39 is 11.8 Å². The van der Waals surface area contributed by atoms with Crippen LogP contribution in [0.25, 0.3) is 0 Å². The maximum atomic E-state index is 10.3. The van der Waals surface area contributed by atoms with E-state index in [4.69, 9.17) is 16.6 Å². The summed E-state index contributed by atoms with van der Waals surface area (Å²) >= 11 is 0. The van der Waals surface area contributed by atoms with E-state index in [0.717, 1.165) is 11.8 Å². The minimum absolute atomic E-state index is 0.0417. The molecule has 5 heteroatoms. The number of ketones is 1. The Morgan fingerprint density at radius 3 is 1.30 bits per heavy atom. The van der Waals surface area contributed by atoms with E-state index in [-0.39, 0.29) is 18.3 Å². The Morgan fingerprint density at radius 2 is 1.30 bits per heavy atom. The Morgan fingerprint density at radius 1 is 0.950 bits per heavy atom. The first kappa shape index (κ1) is 24.1. The highest BCUT2D eigenvalue weighted by atomic mass is 16.3. The number of carbonyl (C=O) groups is 2. The average molecular weight is 290 g/mol. The van der Waals surface area contributed by atoms with Gasteiger partial charge in [0, 0.05) is 12.5 Å². The molecule has 0 radical (unpaired) electrons. The summed E-state index contributed by atoms with van der Waals surface area (Å²) in [5.74, 6) is 1.06. The molecule has 20 heavy (non-hydrogen) atoms. The predicted molar refractivity (Wildman–Crippen MR) is 84.0 cm³/mol. The largest absolute Gasteiger partial charge is 0.396 e. The van der Waals surface area contributed by atoms with Crippen molar-refractivity contribution in [1.29, 1.82) is 0 Å². The van der Waals surface area contributed by atoms with Gasteiger partial charge in [0.25, 0.3) is 0 Å². The first-order chi connectivity index (χ1) is 9.00. The van der Waals surface area contributed by atoms with Crippen molar-refractivity contribution in [1.82, 2.24) is 0 Å². The lowest BCUT2D eigenvalue weighted by atomic mass is 10.0. The van der Waals surface area contributed by atoms with Crippen LogP contribution in [0.5, 0.6) is 0 Å².